The Morgan fingerprint density at radius 2 is 1.94 bits per heavy atom. The minimum Gasteiger partial charge on any atom is -0.347 e. The van der Waals surface area contributed by atoms with Crippen molar-refractivity contribution < 1.29 is 4.79 Å². The largest absolute Gasteiger partial charge is 0.347 e. The van der Waals surface area contributed by atoms with E-state index in [2.05, 4.69) is 15.5 Å². The summed E-state index contributed by atoms with van der Waals surface area (Å²) >= 11 is 0. The van der Waals surface area contributed by atoms with E-state index in [0.717, 1.165) is 18.7 Å². The molecule has 4 nitrogen and oxygen atoms in total. The number of carbonyl (C=O) groups is 1. The summed E-state index contributed by atoms with van der Waals surface area (Å²) in [6.45, 7) is 3.95. The van der Waals surface area contributed by atoms with Gasteiger partial charge in [-0.3, -0.25) is 4.79 Å². The summed E-state index contributed by atoms with van der Waals surface area (Å²) in [5.41, 5.74) is 1.14. The molecule has 0 radical (unpaired) electrons. The number of rotatable bonds is 7. The molecule has 1 atom stereocenters. The monoisotopic (exact) mass is 249 g/mol. The van der Waals surface area contributed by atoms with E-state index >= 15 is 0 Å². The Morgan fingerprint density at radius 3 is 2.50 bits per heavy atom. The molecule has 1 rings (SSSR count). The Morgan fingerprint density at radius 1 is 1.28 bits per heavy atom. The highest BCUT2D eigenvalue weighted by atomic mass is 16.2. The van der Waals surface area contributed by atoms with Crippen LogP contribution in [0.1, 0.15) is 18.5 Å². The van der Waals surface area contributed by atoms with Gasteiger partial charge >= 0.3 is 0 Å². The van der Waals surface area contributed by atoms with Gasteiger partial charge in [0.15, 0.2) is 0 Å². The molecule has 0 spiro atoms. The fourth-order valence-corrected chi connectivity index (χ4v) is 1.77. The minimum absolute atomic E-state index is 0.0346. The maximum Gasteiger partial charge on any atom is 0.234 e. The van der Waals surface area contributed by atoms with Crippen molar-refractivity contribution in [2.45, 2.75) is 13.0 Å². The summed E-state index contributed by atoms with van der Waals surface area (Å²) in [5.74, 6) is 0.0348. The zero-order valence-corrected chi connectivity index (χ0v) is 11.4. The summed E-state index contributed by atoms with van der Waals surface area (Å²) in [4.78, 5) is 13.8. The second-order valence-corrected chi connectivity index (χ2v) is 4.57. The van der Waals surface area contributed by atoms with Gasteiger partial charge in [-0.05, 0) is 26.2 Å². The van der Waals surface area contributed by atoms with E-state index in [4.69, 9.17) is 0 Å². The molecule has 1 aromatic carbocycles. The first-order valence-electron chi connectivity index (χ1n) is 6.33. The summed E-state index contributed by atoms with van der Waals surface area (Å²) in [6.07, 6.45) is 0. The van der Waals surface area contributed by atoms with Crippen molar-refractivity contribution in [3.8, 4) is 0 Å². The number of nitrogens with zero attached hydrogens (tertiary/aromatic N) is 1. The Balaban J connectivity index is 2.64. The van der Waals surface area contributed by atoms with Gasteiger partial charge in [0.25, 0.3) is 0 Å². The summed E-state index contributed by atoms with van der Waals surface area (Å²) < 4.78 is 0. The molecular formula is C14H23N3O. The quantitative estimate of drug-likeness (QED) is 0.758. The van der Waals surface area contributed by atoms with Crippen LogP contribution in [0.3, 0.4) is 0 Å². The van der Waals surface area contributed by atoms with Crippen molar-refractivity contribution in [3.63, 3.8) is 0 Å². The molecule has 2 N–H and O–H groups in total. The van der Waals surface area contributed by atoms with E-state index in [1.165, 1.54) is 0 Å². The van der Waals surface area contributed by atoms with Gasteiger partial charge in [0.1, 0.15) is 0 Å². The molecule has 1 amide bonds. The number of hydrogen-bond acceptors (Lipinski definition) is 3. The maximum absolute atomic E-state index is 11.8. The number of hydrogen-bond donors (Lipinski definition) is 2. The van der Waals surface area contributed by atoms with E-state index in [0.29, 0.717) is 6.54 Å². The summed E-state index contributed by atoms with van der Waals surface area (Å²) in [6, 6.07) is 10.1. The minimum atomic E-state index is 0.0346. The lowest BCUT2D eigenvalue weighted by atomic mass is 10.1. The molecule has 18 heavy (non-hydrogen) atoms. The van der Waals surface area contributed by atoms with Gasteiger partial charge in [-0.1, -0.05) is 37.3 Å². The van der Waals surface area contributed by atoms with Crippen molar-refractivity contribution in [1.29, 1.82) is 0 Å². The van der Waals surface area contributed by atoms with Crippen LogP contribution in [0, 0.1) is 0 Å². The summed E-state index contributed by atoms with van der Waals surface area (Å²) in [7, 11) is 4.01. The third-order valence-electron chi connectivity index (χ3n) is 2.62. The molecule has 0 aromatic heterocycles. The second kappa shape index (κ2) is 7.84. The average Bonchev–Trinajstić information content (AvgIpc) is 2.36. The van der Waals surface area contributed by atoms with Crippen LogP contribution in [0.4, 0.5) is 0 Å². The number of carbonyl (C=O) groups excluding carboxylic acids is 1. The molecule has 0 bridgehead atoms. The van der Waals surface area contributed by atoms with Crippen LogP contribution in [-0.4, -0.2) is 44.5 Å². The molecule has 0 aliphatic rings. The lowest BCUT2D eigenvalue weighted by Crippen LogP contribution is -2.39. The first kappa shape index (κ1) is 14.7. The molecule has 0 fully saturated rings. The van der Waals surface area contributed by atoms with Gasteiger partial charge < -0.3 is 15.5 Å². The molecule has 0 saturated carbocycles. The van der Waals surface area contributed by atoms with Crippen molar-refractivity contribution >= 4 is 5.91 Å². The SMILES string of the molecule is CCNCC(=O)NC(CN(C)C)c1ccccc1. The number of benzene rings is 1. The highest BCUT2D eigenvalue weighted by Gasteiger charge is 2.14. The van der Waals surface area contributed by atoms with Crippen molar-refractivity contribution in [2.75, 3.05) is 33.7 Å². The van der Waals surface area contributed by atoms with Gasteiger partial charge in [0.2, 0.25) is 5.91 Å². The predicted molar refractivity (Wildman–Crippen MR) is 74.4 cm³/mol. The van der Waals surface area contributed by atoms with Gasteiger partial charge in [0, 0.05) is 6.54 Å². The van der Waals surface area contributed by atoms with Crippen LogP contribution in [0.5, 0.6) is 0 Å². The zero-order valence-electron chi connectivity index (χ0n) is 11.4. The predicted octanol–water partition coefficient (Wildman–Crippen LogP) is 1.02. The van der Waals surface area contributed by atoms with Crippen LogP contribution in [0.15, 0.2) is 30.3 Å². The van der Waals surface area contributed by atoms with Crippen LogP contribution >= 0.6 is 0 Å². The van der Waals surface area contributed by atoms with Crippen molar-refractivity contribution in [2.24, 2.45) is 0 Å². The van der Waals surface area contributed by atoms with Gasteiger partial charge in [-0.2, -0.15) is 0 Å². The number of amides is 1. The van der Waals surface area contributed by atoms with E-state index in [1.807, 2.05) is 51.4 Å². The van der Waals surface area contributed by atoms with E-state index in [9.17, 15) is 4.79 Å². The molecule has 4 heteroatoms. The Labute approximate surface area is 109 Å². The Kier molecular flexibility index (Phi) is 6.39. The number of likely N-dealkylation sites (N-methyl/N-ethyl adjacent to an activating group) is 2. The van der Waals surface area contributed by atoms with Crippen LogP contribution < -0.4 is 10.6 Å². The lowest BCUT2D eigenvalue weighted by molar-refractivity contribution is -0.121. The first-order valence-corrected chi connectivity index (χ1v) is 6.33. The molecule has 0 heterocycles. The summed E-state index contributed by atoms with van der Waals surface area (Å²) in [5, 5.41) is 6.09. The van der Waals surface area contributed by atoms with Crippen LogP contribution in [0.25, 0.3) is 0 Å². The molecule has 0 saturated heterocycles. The average molecular weight is 249 g/mol. The Hall–Kier alpha value is -1.39. The third-order valence-corrected chi connectivity index (χ3v) is 2.62. The van der Waals surface area contributed by atoms with E-state index < -0.39 is 0 Å². The third kappa shape index (κ3) is 5.29. The van der Waals surface area contributed by atoms with E-state index in [-0.39, 0.29) is 11.9 Å². The fraction of sp³-hybridized carbons (Fsp3) is 0.500. The van der Waals surface area contributed by atoms with Gasteiger partial charge in [-0.15, -0.1) is 0 Å². The fourth-order valence-electron chi connectivity index (χ4n) is 1.77. The first-order chi connectivity index (χ1) is 8.63. The smallest absolute Gasteiger partial charge is 0.234 e. The standard InChI is InChI=1S/C14H23N3O/c1-4-15-10-14(18)16-13(11-17(2)3)12-8-6-5-7-9-12/h5-9,13,15H,4,10-11H2,1-3H3,(H,16,18). The lowest BCUT2D eigenvalue weighted by Gasteiger charge is -2.23. The zero-order chi connectivity index (χ0) is 13.4. The molecule has 1 aromatic rings. The molecule has 0 aliphatic heterocycles. The molecular weight excluding hydrogens is 226 g/mol. The number of nitrogens with one attached hydrogen (secondary N) is 2. The second-order valence-electron chi connectivity index (χ2n) is 4.57. The maximum atomic E-state index is 11.8. The van der Waals surface area contributed by atoms with Crippen LogP contribution in [-0.2, 0) is 4.79 Å². The molecule has 100 valence electrons. The topological polar surface area (TPSA) is 44.4 Å². The van der Waals surface area contributed by atoms with Crippen molar-refractivity contribution in [3.05, 3.63) is 35.9 Å². The molecule has 0 aliphatic carbocycles. The normalized spacial score (nSPS) is 12.4. The van der Waals surface area contributed by atoms with E-state index in [1.54, 1.807) is 0 Å². The van der Waals surface area contributed by atoms with Gasteiger partial charge in [-0.25, -0.2) is 0 Å². The highest BCUT2D eigenvalue weighted by Crippen LogP contribution is 2.12. The van der Waals surface area contributed by atoms with Gasteiger partial charge in [0.05, 0.1) is 12.6 Å². The van der Waals surface area contributed by atoms with Crippen molar-refractivity contribution in [1.82, 2.24) is 15.5 Å². The highest BCUT2D eigenvalue weighted by molar-refractivity contribution is 5.78. The Bertz CT molecular complexity index is 351. The molecule has 1 unspecified atom stereocenters. The van der Waals surface area contributed by atoms with Crippen LogP contribution in [0.2, 0.25) is 0 Å².